The summed E-state index contributed by atoms with van der Waals surface area (Å²) in [5.41, 5.74) is 2.56. The first-order valence-corrected chi connectivity index (χ1v) is 7.95. The third kappa shape index (κ3) is 3.87. The highest BCUT2D eigenvalue weighted by molar-refractivity contribution is 5.69. The number of carbonyl (C=O) groups is 1. The monoisotopic (exact) mass is 287 g/mol. The van der Waals surface area contributed by atoms with Crippen molar-refractivity contribution in [3.8, 4) is 0 Å². The van der Waals surface area contributed by atoms with E-state index in [2.05, 4.69) is 37.3 Å². The molecule has 0 saturated carbocycles. The molecule has 0 bridgehead atoms. The van der Waals surface area contributed by atoms with E-state index in [1.807, 2.05) is 17.9 Å². The number of ether oxygens (including phenoxy) is 1. The first-order valence-electron chi connectivity index (χ1n) is 7.95. The number of benzene rings is 1. The number of nitrogens with zero attached hydrogens (tertiary/aromatic N) is 1. The van der Waals surface area contributed by atoms with Crippen molar-refractivity contribution in [1.82, 2.24) is 4.90 Å². The predicted octanol–water partition coefficient (Wildman–Crippen LogP) is 4.49. The average molecular weight is 287 g/mol. The molecule has 1 aromatic rings. The molecule has 1 heterocycles. The van der Waals surface area contributed by atoms with Crippen LogP contribution >= 0.6 is 0 Å². The van der Waals surface area contributed by atoms with Gasteiger partial charge in [0.2, 0.25) is 0 Å². The van der Waals surface area contributed by atoms with E-state index in [0.717, 1.165) is 19.4 Å². The summed E-state index contributed by atoms with van der Waals surface area (Å²) >= 11 is 0. The van der Waals surface area contributed by atoms with Gasteiger partial charge < -0.3 is 4.74 Å². The van der Waals surface area contributed by atoms with Crippen LogP contribution < -0.4 is 0 Å². The molecular formula is C18H25NO2. The molecule has 2 rings (SSSR count). The zero-order chi connectivity index (χ0) is 15.1. The Labute approximate surface area is 127 Å². The van der Waals surface area contributed by atoms with Crippen LogP contribution in [-0.2, 0) is 11.2 Å². The topological polar surface area (TPSA) is 29.5 Å². The van der Waals surface area contributed by atoms with Crippen LogP contribution in [0.3, 0.4) is 0 Å². The van der Waals surface area contributed by atoms with Crippen LogP contribution in [0.15, 0.2) is 36.4 Å². The zero-order valence-electron chi connectivity index (χ0n) is 13.0. The van der Waals surface area contributed by atoms with Crippen molar-refractivity contribution in [1.29, 1.82) is 0 Å². The maximum atomic E-state index is 12.2. The standard InChI is InChI=1S/C18H25NO2/c1-3-5-6-7-12-17-16-11-9-8-10-15(16)13-14-19(17)18(20)21-4-2/h7-12,17H,3-6,13-14H2,1-2H3/b12-7+. The van der Waals surface area contributed by atoms with Crippen LogP contribution in [0.5, 0.6) is 0 Å². The SMILES string of the molecule is CCCC/C=C/C1c2ccccc2CCN1C(=O)OCC. The Balaban J connectivity index is 2.21. The third-order valence-electron chi connectivity index (χ3n) is 3.88. The first-order chi connectivity index (χ1) is 10.3. The van der Waals surface area contributed by atoms with Crippen LogP contribution in [0.2, 0.25) is 0 Å². The molecule has 1 aromatic carbocycles. The summed E-state index contributed by atoms with van der Waals surface area (Å²) in [5.74, 6) is 0. The number of unbranched alkanes of at least 4 members (excludes halogenated alkanes) is 2. The molecule has 0 aromatic heterocycles. The summed E-state index contributed by atoms with van der Waals surface area (Å²) in [5, 5.41) is 0. The Bertz CT molecular complexity index is 496. The van der Waals surface area contributed by atoms with Gasteiger partial charge in [-0.05, 0) is 30.9 Å². The number of hydrogen-bond acceptors (Lipinski definition) is 2. The highest BCUT2D eigenvalue weighted by Crippen LogP contribution is 2.31. The van der Waals surface area contributed by atoms with Gasteiger partial charge >= 0.3 is 6.09 Å². The van der Waals surface area contributed by atoms with Crippen molar-refractivity contribution in [2.45, 2.75) is 45.6 Å². The van der Waals surface area contributed by atoms with E-state index in [-0.39, 0.29) is 12.1 Å². The Hall–Kier alpha value is -1.77. The van der Waals surface area contributed by atoms with E-state index in [9.17, 15) is 4.79 Å². The molecule has 0 aliphatic carbocycles. The van der Waals surface area contributed by atoms with Crippen LogP contribution in [0.4, 0.5) is 4.79 Å². The number of fused-ring (bicyclic) bond motifs is 1. The summed E-state index contributed by atoms with van der Waals surface area (Å²) in [7, 11) is 0. The maximum absolute atomic E-state index is 12.2. The number of hydrogen-bond donors (Lipinski definition) is 0. The molecule has 0 N–H and O–H groups in total. The molecular weight excluding hydrogens is 262 g/mol. The van der Waals surface area contributed by atoms with Crippen molar-refractivity contribution in [3.05, 3.63) is 47.5 Å². The van der Waals surface area contributed by atoms with Crippen LogP contribution in [0.25, 0.3) is 0 Å². The smallest absolute Gasteiger partial charge is 0.410 e. The summed E-state index contributed by atoms with van der Waals surface area (Å²) in [6.07, 6.45) is 8.47. The maximum Gasteiger partial charge on any atom is 0.410 e. The van der Waals surface area contributed by atoms with Gasteiger partial charge in [0.1, 0.15) is 0 Å². The summed E-state index contributed by atoms with van der Waals surface area (Å²) in [4.78, 5) is 14.0. The van der Waals surface area contributed by atoms with Crippen LogP contribution in [0, 0.1) is 0 Å². The summed E-state index contributed by atoms with van der Waals surface area (Å²) in [6.45, 7) is 5.18. The van der Waals surface area contributed by atoms with E-state index in [0.29, 0.717) is 6.61 Å². The predicted molar refractivity (Wildman–Crippen MR) is 85.3 cm³/mol. The molecule has 1 atom stereocenters. The molecule has 1 amide bonds. The van der Waals surface area contributed by atoms with Crippen LogP contribution in [0.1, 0.15) is 50.3 Å². The molecule has 0 fully saturated rings. The van der Waals surface area contributed by atoms with E-state index in [1.54, 1.807) is 0 Å². The number of amides is 1. The highest BCUT2D eigenvalue weighted by Gasteiger charge is 2.29. The second-order valence-corrected chi connectivity index (χ2v) is 5.36. The largest absolute Gasteiger partial charge is 0.450 e. The molecule has 1 unspecified atom stereocenters. The van der Waals surface area contributed by atoms with Gasteiger partial charge in [0.15, 0.2) is 0 Å². The second kappa shape index (κ2) is 7.87. The molecule has 3 nitrogen and oxygen atoms in total. The molecule has 0 saturated heterocycles. The molecule has 21 heavy (non-hydrogen) atoms. The normalized spacial score (nSPS) is 17.8. The van der Waals surface area contributed by atoms with Crippen molar-refractivity contribution in [3.63, 3.8) is 0 Å². The summed E-state index contributed by atoms with van der Waals surface area (Å²) < 4.78 is 5.21. The lowest BCUT2D eigenvalue weighted by Crippen LogP contribution is -2.39. The number of allylic oxidation sites excluding steroid dienone is 1. The van der Waals surface area contributed by atoms with Crippen molar-refractivity contribution < 1.29 is 9.53 Å². The van der Waals surface area contributed by atoms with Crippen molar-refractivity contribution in [2.75, 3.05) is 13.2 Å². The Morgan fingerprint density at radius 2 is 2.19 bits per heavy atom. The van der Waals surface area contributed by atoms with Gasteiger partial charge in [-0.15, -0.1) is 0 Å². The zero-order valence-corrected chi connectivity index (χ0v) is 13.0. The molecule has 0 spiro atoms. The van der Waals surface area contributed by atoms with Gasteiger partial charge in [0.05, 0.1) is 12.6 Å². The van der Waals surface area contributed by atoms with Crippen LogP contribution in [-0.4, -0.2) is 24.1 Å². The van der Waals surface area contributed by atoms with Gasteiger partial charge in [0.25, 0.3) is 0 Å². The van der Waals surface area contributed by atoms with Crippen molar-refractivity contribution >= 4 is 6.09 Å². The van der Waals surface area contributed by atoms with Crippen molar-refractivity contribution in [2.24, 2.45) is 0 Å². The van der Waals surface area contributed by atoms with Gasteiger partial charge in [0, 0.05) is 6.54 Å². The van der Waals surface area contributed by atoms with Gasteiger partial charge in [-0.1, -0.05) is 56.2 Å². The van der Waals surface area contributed by atoms with E-state index < -0.39 is 0 Å². The fourth-order valence-electron chi connectivity index (χ4n) is 2.76. The van der Waals surface area contributed by atoms with E-state index in [1.165, 1.54) is 24.0 Å². The number of carbonyl (C=O) groups excluding carboxylic acids is 1. The average Bonchev–Trinajstić information content (AvgIpc) is 2.51. The highest BCUT2D eigenvalue weighted by atomic mass is 16.6. The molecule has 114 valence electrons. The third-order valence-corrected chi connectivity index (χ3v) is 3.88. The fraction of sp³-hybridized carbons (Fsp3) is 0.500. The van der Waals surface area contributed by atoms with E-state index >= 15 is 0 Å². The van der Waals surface area contributed by atoms with Gasteiger partial charge in [-0.2, -0.15) is 0 Å². The molecule has 1 aliphatic heterocycles. The minimum Gasteiger partial charge on any atom is -0.450 e. The minimum absolute atomic E-state index is 0.00542. The Morgan fingerprint density at radius 1 is 1.38 bits per heavy atom. The lowest BCUT2D eigenvalue weighted by Gasteiger charge is -2.35. The molecule has 1 aliphatic rings. The lowest BCUT2D eigenvalue weighted by molar-refractivity contribution is 0.0950. The summed E-state index contributed by atoms with van der Waals surface area (Å²) in [6, 6.07) is 8.39. The van der Waals surface area contributed by atoms with E-state index in [4.69, 9.17) is 4.74 Å². The Morgan fingerprint density at radius 3 is 2.95 bits per heavy atom. The van der Waals surface area contributed by atoms with Gasteiger partial charge in [-0.25, -0.2) is 4.79 Å². The number of rotatable bonds is 5. The minimum atomic E-state index is -0.211. The lowest BCUT2D eigenvalue weighted by atomic mass is 9.92. The first kappa shape index (κ1) is 15.6. The van der Waals surface area contributed by atoms with Gasteiger partial charge in [-0.3, -0.25) is 4.90 Å². The fourth-order valence-corrected chi connectivity index (χ4v) is 2.76. The quantitative estimate of drug-likeness (QED) is 0.590. The second-order valence-electron chi connectivity index (χ2n) is 5.36. The molecule has 3 heteroatoms. The Kier molecular flexibility index (Phi) is 5.85. The molecule has 0 radical (unpaired) electrons.